The number of fused-ring (bicyclic) bond motifs is 1. The summed E-state index contributed by atoms with van der Waals surface area (Å²) in [5, 5.41) is 16.2. The number of piperazine rings is 1. The molecule has 0 saturated carbocycles. The van der Waals surface area contributed by atoms with Crippen molar-refractivity contribution in [1.29, 1.82) is 0 Å². The highest BCUT2D eigenvalue weighted by atomic mass is 16.3. The Labute approximate surface area is 192 Å². The number of aryl methyl sites for hydroxylation is 1. The molecule has 8 heteroatoms. The molecule has 1 fully saturated rings. The Kier molecular flexibility index (Phi) is 7.27. The molecule has 0 unspecified atom stereocenters. The minimum absolute atomic E-state index is 0.103. The molecule has 3 heterocycles. The minimum atomic E-state index is -0.590. The average molecular weight is 445 g/mol. The maximum atomic E-state index is 13.5. The lowest BCUT2D eigenvalue weighted by Gasteiger charge is -2.34. The molecule has 32 heavy (non-hydrogen) atoms. The molecule has 0 bridgehead atoms. The van der Waals surface area contributed by atoms with E-state index in [0.717, 1.165) is 48.6 Å². The van der Waals surface area contributed by atoms with Gasteiger partial charge in [0.15, 0.2) is 5.65 Å². The number of rotatable bonds is 6. The molecule has 1 atom stereocenters. The first-order valence-corrected chi connectivity index (χ1v) is 11.6. The smallest absolute Gasteiger partial charge is 0.254 e. The van der Waals surface area contributed by atoms with Crippen LogP contribution in [0.25, 0.3) is 11.0 Å². The lowest BCUT2D eigenvalue weighted by atomic mass is 10.0. The summed E-state index contributed by atoms with van der Waals surface area (Å²) in [7, 11) is 3.88. The molecule has 8 nitrogen and oxygen atoms in total. The summed E-state index contributed by atoms with van der Waals surface area (Å²) < 4.78 is 1.92. The normalized spacial score (nSPS) is 17.3. The van der Waals surface area contributed by atoms with Gasteiger partial charge in [0.25, 0.3) is 5.91 Å². The van der Waals surface area contributed by atoms with E-state index in [1.807, 2.05) is 17.7 Å². The van der Waals surface area contributed by atoms with Gasteiger partial charge in [0, 0.05) is 52.0 Å². The molecule has 2 aromatic rings. The molecule has 2 aromatic heterocycles. The first-order valence-electron chi connectivity index (χ1n) is 11.6. The first-order chi connectivity index (χ1) is 14.9. The van der Waals surface area contributed by atoms with Crippen LogP contribution in [0.2, 0.25) is 0 Å². The van der Waals surface area contributed by atoms with Gasteiger partial charge in [-0.2, -0.15) is 5.10 Å². The maximum absolute atomic E-state index is 13.5. The van der Waals surface area contributed by atoms with Gasteiger partial charge < -0.3 is 14.9 Å². The standard InChI is InChI=1S/C24H40N6O2/c1-16(2)20-13-19(21-17(3)26-30(22(21)25-20)24(4,5)6)23(32)28(8)14-18(31)15-29-11-9-27(7)10-12-29/h13,16,18,31H,9-12,14-15H2,1-8H3/t18-/m0/s1. The van der Waals surface area contributed by atoms with Crippen molar-refractivity contribution in [1.82, 2.24) is 29.5 Å². The molecular formula is C24H40N6O2. The number of β-amino-alcohol motifs (C(OH)–C–C–N with tert-alkyl or cyclic N) is 1. The van der Waals surface area contributed by atoms with Crippen molar-refractivity contribution < 1.29 is 9.90 Å². The van der Waals surface area contributed by atoms with E-state index in [-0.39, 0.29) is 17.4 Å². The zero-order valence-electron chi connectivity index (χ0n) is 21.0. The zero-order valence-corrected chi connectivity index (χ0v) is 21.0. The van der Waals surface area contributed by atoms with E-state index in [2.05, 4.69) is 51.5 Å². The zero-order chi connectivity index (χ0) is 23.8. The molecule has 1 N–H and O–H groups in total. The largest absolute Gasteiger partial charge is 0.390 e. The van der Waals surface area contributed by atoms with E-state index < -0.39 is 6.10 Å². The van der Waals surface area contributed by atoms with Crippen LogP contribution in [0.3, 0.4) is 0 Å². The van der Waals surface area contributed by atoms with Crippen LogP contribution in [-0.2, 0) is 5.54 Å². The van der Waals surface area contributed by atoms with Crippen LogP contribution in [0.5, 0.6) is 0 Å². The van der Waals surface area contributed by atoms with Crippen molar-refractivity contribution in [3.63, 3.8) is 0 Å². The number of pyridine rings is 1. The second kappa shape index (κ2) is 9.45. The molecule has 1 saturated heterocycles. The summed E-state index contributed by atoms with van der Waals surface area (Å²) in [4.78, 5) is 24.6. The van der Waals surface area contributed by atoms with Crippen LogP contribution < -0.4 is 0 Å². The molecule has 0 radical (unpaired) electrons. The Hall–Kier alpha value is -2.03. The van der Waals surface area contributed by atoms with Gasteiger partial charge in [-0.3, -0.25) is 9.69 Å². The second-order valence-electron chi connectivity index (χ2n) is 10.6. The molecule has 0 spiro atoms. The highest BCUT2D eigenvalue weighted by Gasteiger charge is 2.27. The van der Waals surface area contributed by atoms with Crippen LogP contribution in [0.1, 0.15) is 62.3 Å². The van der Waals surface area contributed by atoms with Gasteiger partial charge in [0.05, 0.1) is 28.3 Å². The van der Waals surface area contributed by atoms with Crippen LogP contribution in [0, 0.1) is 6.92 Å². The third kappa shape index (κ3) is 5.30. The van der Waals surface area contributed by atoms with Crippen molar-refractivity contribution in [3.8, 4) is 0 Å². The van der Waals surface area contributed by atoms with E-state index >= 15 is 0 Å². The fourth-order valence-corrected chi connectivity index (χ4v) is 4.23. The fourth-order valence-electron chi connectivity index (χ4n) is 4.23. The van der Waals surface area contributed by atoms with Gasteiger partial charge in [-0.1, -0.05) is 13.8 Å². The van der Waals surface area contributed by atoms with Gasteiger partial charge in [0.1, 0.15) is 0 Å². The van der Waals surface area contributed by atoms with Crippen molar-refractivity contribution in [3.05, 3.63) is 23.0 Å². The van der Waals surface area contributed by atoms with Gasteiger partial charge in [-0.25, -0.2) is 9.67 Å². The molecular weight excluding hydrogens is 404 g/mol. The van der Waals surface area contributed by atoms with Crippen LogP contribution >= 0.6 is 0 Å². The Morgan fingerprint density at radius 1 is 1.22 bits per heavy atom. The monoisotopic (exact) mass is 444 g/mol. The number of amides is 1. The molecule has 0 aliphatic carbocycles. The quantitative estimate of drug-likeness (QED) is 0.737. The number of carbonyl (C=O) groups excluding carboxylic acids is 1. The van der Waals surface area contributed by atoms with Crippen LogP contribution in [-0.4, -0.2) is 99.9 Å². The average Bonchev–Trinajstić information content (AvgIpc) is 3.05. The summed E-state index contributed by atoms with van der Waals surface area (Å²) in [6.45, 7) is 17.1. The summed E-state index contributed by atoms with van der Waals surface area (Å²) >= 11 is 0. The number of aliphatic hydroxyl groups excluding tert-OH is 1. The molecule has 1 aliphatic heterocycles. The van der Waals surface area contributed by atoms with Crippen LogP contribution in [0.15, 0.2) is 6.07 Å². The fraction of sp³-hybridized carbons (Fsp3) is 0.708. The number of carbonyl (C=O) groups is 1. The summed E-state index contributed by atoms with van der Waals surface area (Å²) in [5.41, 5.74) is 2.78. The summed E-state index contributed by atoms with van der Waals surface area (Å²) in [5.74, 6) is 0.0796. The SMILES string of the molecule is Cc1nn(C(C)(C)C)c2nc(C(C)C)cc(C(=O)N(C)C[C@H](O)CN3CCN(C)CC3)c12. The molecule has 1 amide bonds. The number of aromatic nitrogens is 3. The molecule has 3 rings (SSSR count). The molecule has 178 valence electrons. The summed E-state index contributed by atoms with van der Waals surface area (Å²) in [6.07, 6.45) is -0.590. The number of hydrogen-bond donors (Lipinski definition) is 1. The number of likely N-dealkylation sites (N-methyl/N-ethyl adjacent to an activating group) is 2. The van der Waals surface area contributed by atoms with E-state index in [1.165, 1.54) is 0 Å². The van der Waals surface area contributed by atoms with Gasteiger partial charge in [-0.15, -0.1) is 0 Å². The topological polar surface area (TPSA) is 77.7 Å². The van der Waals surface area contributed by atoms with Crippen molar-refractivity contribution in [2.24, 2.45) is 0 Å². The first kappa shape index (κ1) is 24.6. The minimum Gasteiger partial charge on any atom is -0.390 e. The Balaban J connectivity index is 1.87. The lowest BCUT2D eigenvalue weighted by Crippen LogP contribution is -2.49. The van der Waals surface area contributed by atoms with E-state index in [1.54, 1.807) is 11.9 Å². The number of nitrogens with zero attached hydrogens (tertiary/aromatic N) is 6. The number of aliphatic hydroxyl groups is 1. The van der Waals surface area contributed by atoms with Crippen molar-refractivity contribution in [2.45, 2.75) is 59.1 Å². The Morgan fingerprint density at radius 3 is 2.41 bits per heavy atom. The lowest BCUT2D eigenvalue weighted by molar-refractivity contribution is 0.0502. The predicted molar refractivity (Wildman–Crippen MR) is 128 cm³/mol. The Morgan fingerprint density at radius 2 is 1.84 bits per heavy atom. The number of hydrogen-bond acceptors (Lipinski definition) is 6. The third-order valence-corrected chi connectivity index (χ3v) is 6.19. The van der Waals surface area contributed by atoms with Crippen molar-refractivity contribution in [2.75, 3.05) is 53.4 Å². The second-order valence-corrected chi connectivity index (χ2v) is 10.6. The predicted octanol–water partition coefficient (Wildman–Crippen LogP) is 2.30. The highest BCUT2D eigenvalue weighted by molar-refractivity contribution is 6.06. The van der Waals surface area contributed by atoms with E-state index in [9.17, 15) is 9.90 Å². The van der Waals surface area contributed by atoms with Gasteiger partial charge in [0.2, 0.25) is 0 Å². The van der Waals surface area contributed by atoms with Crippen LogP contribution in [0.4, 0.5) is 0 Å². The molecule has 1 aliphatic rings. The van der Waals surface area contributed by atoms with Crippen molar-refractivity contribution >= 4 is 16.9 Å². The van der Waals surface area contributed by atoms with E-state index in [4.69, 9.17) is 10.1 Å². The Bertz CT molecular complexity index is 954. The molecule has 0 aromatic carbocycles. The maximum Gasteiger partial charge on any atom is 0.254 e. The van der Waals surface area contributed by atoms with E-state index in [0.29, 0.717) is 18.7 Å². The highest BCUT2D eigenvalue weighted by Crippen LogP contribution is 2.29. The van der Waals surface area contributed by atoms with Gasteiger partial charge >= 0.3 is 0 Å². The summed E-state index contributed by atoms with van der Waals surface area (Å²) in [6, 6.07) is 1.90. The van der Waals surface area contributed by atoms with Gasteiger partial charge in [-0.05, 0) is 46.7 Å². The third-order valence-electron chi connectivity index (χ3n) is 6.19.